The third-order valence-electron chi connectivity index (χ3n) is 3.83. The van der Waals surface area contributed by atoms with Crippen molar-refractivity contribution in [2.45, 2.75) is 38.4 Å². The number of aromatic nitrogens is 4. The molecular formula is C14H21N5O4. The molecule has 0 bridgehead atoms. The number of imidazole rings is 1. The predicted octanol–water partition coefficient (Wildman–Crippen LogP) is -0.494. The first-order valence-corrected chi connectivity index (χ1v) is 7.56. The van der Waals surface area contributed by atoms with Crippen molar-refractivity contribution >= 4 is 17.0 Å². The van der Waals surface area contributed by atoms with E-state index >= 15 is 0 Å². The minimum Gasteiger partial charge on any atom is -0.394 e. The number of nitrogens with one attached hydrogen (secondary N) is 1. The molecule has 0 spiro atoms. The summed E-state index contributed by atoms with van der Waals surface area (Å²) >= 11 is 0. The van der Waals surface area contributed by atoms with Crippen molar-refractivity contribution < 1.29 is 20.1 Å². The second-order valence-corrected chi connectivity index (χ2v) is 6.05. The van der Waals surface area contributed by atoms with E-state index in [1.807, 2.05) is 0 Å². The largest absolute Gasteiger partial charge is 0.394 e. The highest BCUT2D eigenvalue weighted by atomic mass is 16.6. The highest BCUT2D eigenvalue weighted by molar-refractivity contribution is 5.82. The van der Waals surface area contributed by atoms with Crippen LogP contribution in [0.2, 0.25) is 0 Å². The topological polar surface area (TPSA) is 126 Å². The van der Waals surface area contributed by atoms with Gasteiger partial charge in [0.1, 0.15) is 24.6 Å². The summed E-state index contributed by atoms with van der Waals surface area (Å²) in [5.74, 6) is 1.05. The number of ether oxygens (including phenoxy) is 1. The monoisotopic (exact) mass is 323 g/mol. The highest BCUT2D eigenvalue weighted by Crippen LogP contribution is 2.32. The fourth-order valence-electron chi connectivity index (χ4n) is 2.58. The van der Waals surface area contributed by atoms with Gasteiger partial charge in [0.05, 0.1) is 12.9 Å². The Kier molecular flexibility index (Phi) is 4.44. The summed E-state index contributed by atoms with van der Waals surface area (Å²) < 4.78 is 7.06. The van der Waals surface area contributed by atoms with E-state index in [0.29, 0.717) is 22.9 Å². The third kappa shape index (κ3) is 2.88. The standard InChI is InChI=1S/C14H21N5O4/c1-7(2)3-15-12-9-13(17-5-16-12)19(6-18-9)14-11(22)10(21)8(4-20)23-14/h5-8,10-11,14,20-22H,3-4H2,1-2H3,(H,15,16,17)/t8-,10-,11-,14-/m1/s1. The van der Waals surface area contributed by atoms with Crippen molar-refractivity contribution in [3.8, 4) is 0 Å². The van der Waals surface area contributed by atoms with Gasteiger partial charge in [0.15, 0.2) is 23.2 Å². The predicted molar refractivity (Wildman–Crippen MR) is 81.7 cm³/mol. The van der Waals surface area contributed by atoms with E-state index in [4.69, 9.17) is 4.74 Å². The molecule has 0 amide bonds. The molecule has 23 heavy (non-hydrogen) atoms. The van der Waals surface area contributed by atoms with E-state index in [-0.39, 0.29) is 6.61 Å². The van der Waals surface area contributed by atoms with E-state index < -0.39 is 24.5 Å². The zero-order chi connectivity index (χ0) is 16.6. The third-order valence-corrected chi connectivity index (χ3v) is 3.83. The molecule has 1 saturated heterocycles. The summed E-state index contributed by atoms with van der Waals surface area (Å²) in [5, 5.41) is 32.4. The number of nitrogens with zero attached hydrogens (tertiary/aromatic N) is 4. The van der Waals surface area contributed by atoms with Crippen molar-refractivity contribution in [2.24, 2.45) is 5.92 Å². The van der Waals surface area contributed by atoms with Crippen LogP contribution in [0.15, 0.2) is 12.7 Å². The van der Waals surface area contributed by atoms with Crippen LogP contribution in [0.1, 0.15) is 20.1 Å². The molecule has 0 saturated carbocycles. The molecule has 4 atom stereocenters. The van der Waals surface area contributed by atoms with Crippen LogP contribution >= 0.6 is 0 Å². The Balaban J connectivity index is 1.93. The lowest BCUT2D eigenvalue weighted by atomic mass is 10.1. The fourth-order valence-corrected chi connectivity index (χ4v) is 2.58. The van der Waals surface area contributed by atoms with Gasteiger partial charge in [-0.2, -0.15) is 0 Å². The molecule has 4 N–H and O–H groups in total. The molecule has 1 aliphatic heterocycles. The Bertz CT molecular complexity index is 676. The maximum atomic E-state index is 10.1. The van der Waals surface area contributed by atoms with Crippen LogP contribution in [0.25, 0.3) is 11.2 Å². The number of fused-ring (bicyclic) bond motifs is 1. The van der Waals surface area contributed by atoms with Crippen LogP contribution < -0.4 is 5.32 Å². The van der Waals surface area contributed by atoms with E-state index in [9.17, 15) is 15.3 Å². The van der Waals surface area contributed by atoms with Crippen molar-refractivity contribution in [3.05, 3.63) is 12.7 Å². The number of aliphatic hydroxyl groups excluding tert-OH is 3. The normalized spacial score (nSPS) is 27.9. The molecule has 1 fully saturated rings. The van der Waals surface area contributed by atoms with Crippen LogP contribution in [0.4, 0.5) is 5.82 Å². The summed E-state index contributed by atoms with van der Waals surface area (Å²) in [6, 6.07) is 0. The molecule has 2 aromatic rings. The van der Waals surface area contributed by atoms with Gasteiger partial charge in [-0.15, -0.1) is 0 Å². The van der Waals surface area contributed by atoms with Gasteiger partial charge < -0.3 is 25.4 Å². The molecular weight excluding hydrogens is 302 g/mol. The van der Waals surface area contributed by atoms with Gasteiger partial charge in [0.2, 0.25) is 0 Å². The lowest BCUT2D eigenvalue weighted by molar-refractivity contribution is -0.0511. The Morgan fingerprint density at radius 3 is 2.70 bits per heavy atom. The Hall–Kier alpha value is -1.81. The van der Waals surface area contributed by atoms with E-state index in [1.165, 1.54) is 12.7 Å². The van der Waals surface area contributed by atoms with Crippen LogP contribution in [0.3, 0.4) is 0 Å². The zero-order valence-corrected chi connectivity index (χ0v) is 13.0. The first-order valence-electron chi connectivity index (χ1n) is 7.56. The summed E-state index contributed by atoms with van der Waals surface area (Å²) in [7, 11) is 0. The minimum absolute atomic E-state index is 0.377. The Morgan fingerprint density at radius 2 is 2.04 bits per heavy atom. The average Bonchev–Trinajstić information content (AvgIpc) is 3.08. The second-order valence-electron chi connectivity index (χ2n) is 6.05. The molecule has 0 aromatic carbocycles. The second kappa shape index (κ2) is 6.36. The number of hydrogen-bond acceptors (Lipinski definition) is 8. The molecule has 1 aliphatic rings. The first-order chi connectivity index (χ1) is 11.0. The molecule has 9 heteroatoms. The van der Waals surface area contributed by atoms with Gasteiger partial charge in [-0.1, -0.05) is 13.8 Å². The SMILES string of the molecule is CC(C)CNc1ncnc2c1ncn2[C@@H]1O[C@H](CO)[C@@H](O)[C@H]1O. The number of aliphatic hydroxyl groups is 3. The van der Waals surface area contributed by atoms with Crippen molar-refractivity contribution in [2.75, 3.05) is 18.5 Å². The van der Waals surface area contributed by atoms with Crippen molar-refractivity contribution in [1.29, 1.82) is 0 Å². The lowest BCUT2D eigenvalue weighted by Crippen LogP contribution is -2.33. The summed E-state index contributed by atoms with van der Waals surface area (Å²) in [6.45, 7) is 4.54. The minimum atomic E-state index is -1.17. The number of anilines is 1. The van der Waals surface area contributed by atoms with E-state index in [2.05, 4.69) is 34.1 Å². The highest BCUT2D eigenvalue weighted by Gasteiger charge is 2.44. The average molecular weight is 323 g/mol. The number of hydrogen-bond donors (Lipinski definition) is 4. The van der Waals surface area contributed by atoms with Gasteiger partial charge in [0, 0.05) is 6.54 Å². The summed E-state index contributed by atoms with van der Waals surface area (Å²) in [5.41, 5.74) is 1.05. The van der Waals surface area contributed by atoms with Gasteiger partial charge in [0.25, 0.3) is 0 Å². The van der Waals surface area contributed by atoms with Gasteiger partial charge in [-0.05, 0) is 5.92 Å². The molecule has 0 unspecified atom stereocenters. The van der Waals surface area contributed by atoms with E-state index in [1.54, 1.807) is 4.57 Å². The maximum Gasteiger partial charge on any atom is 0.167 e. The fraction of sp³-hybridized carbons (Fsp3) is 0.643. The Morgan fingerprint density at radius 1 is 1.26 bits per heavy atom. The lowest BCUT2D eigenvalue weighted by Gasteiger charge is -2.16. The molecule has 3 rings (SSSR count). The Labute approximate surface area is 133 Å². The summed E-state index contributed by atoms with van der Waals surface area (Å²) in [4.78, 5) is 12.7. The van der Waals surface area contributed by atoms with E-state index in [0.717, 1.165) is 6.54 Å². The van der Waals surface area contributed by atoms with Crippen LogP contribution in [0.5, 0.6) is 0 Å². The molecule has 3 heterocycles. The first kappa shape index (κ1) is 16.1. The molecule has 2 aromatic heterocycles. The van der Waals surface area contributed by atoms with Crippen LogP contribution in [0, 0.1) is 5.92 Å². The molecule has 0 radical (unpaired) electrons. The number of rotatable bonds is 5. The smallest absolute Gasteiger partial charge is 0.167 e. The zero-order valence-electron chi connectivity index (χ0n) is 13.0. The maximum absolute atomic E-state index is 10.1. The van der Waals surface area contributed by atoms with Crippen molar-refractivity contribution in [3.63, 3.8) is 0 Å². The molecule has 9 nitrogen and oxygen atoms in total. The van der Waals surface area contributed by atoms with Crippen LogP contribution in [-0.4, -0.2) is 66.3 Å². The molecule has 0 aliphatic carbocycles. The van der Waals surface area contributed by atoms with Gasteiger partial charge in [-0.3, -0.25) is 4.57 Å². The molecule has 126 valence electrons. The van der Waals surface area contributed by atoms with Crippen molar-refractivity contribution in [1.82, 2.24) is 19.5 Å². The van der Waals surface area contributed by atoms with Gasteiger partial charge in [-0.25, -0.2) is 15.0 Å². The quantitative estimate of drug-likeness (QED) is 0.580. The summed E-state index contributed by atoms with van der Waals surface area (Å²) in [6.07, 6.45) is -1.15. The van der Waals surface area contributed by atoms with Gasteiger partial charge >= 0.3 is 0 Å². The van der Waals surface area contributed by atoms with Crippen LogP contribution in [-0.2, 0) is 4.74 Å².